The Balaban J connectivity index is 1.56. The summed E-state index contributed by atoms with van der Waals surface area (Å²) in [5.74, 6) is 1.18. The Labute approximate surface area is 242 Å². The molecule has 40 heavy (non-hydrogen) atoms. The number of aryl methyl sites for hydroxylation is 2. The second-order valence-corrected chi connectivity index (χ2v) is 13.5. The SMILES string of the molecule is Cc1csc2c(=O)n3c4ccc(C(=O)N(CCC(C)C)CCC(C)C)cc4n(CCCN4CCCCC4)c3cc12. The predicted octanol–water partition coefficient (Wildman–Crippen LogP) is 7.19. The highest BCUT2D eigenvalue weighted by molar-refractivity contribution is 7.17. The zero-order valence-corrected chi connectivity index (χ0v) is 25.9. The number of hydrogen-bond donors (Lipinski definition) is 0. The van der Waals surface area contributed by atoms with Crippen LogP contribution >= 0.6 is 11.3 Å². The molecule has 0 spiro atoms. The number of thiophene rings is 1. The maximum absolute atomic E-state index is 13.9. The lowest BCUT2D eigenvalue weighted by molar-refractivity contribution is 0.0741. The Bertz CT molecular complexity index is 1530. The minimum atomic E-state index is 0.0416. The van der Waals surface area contributed by atoms with Gasteiger partial charge in [-0.2, -0.15) is 0 Å². The summed E-state index contributed by atoms with van der Waals surface area (Å²) in [6.07, 6.45) is 6.92. The van der Waals surface area contributed by atoms with E-state index >= 15 is 0 Å². The van der Waals surface area contributed by atoms with Gasteiger partial charge in [-0.1, -0.05) is 34.1 Å². The zero-order chi connectivity index (χ0) is 28.4. The fourth-order valence-corrected chi connectivity index (χ4v) is 6.97. The smallest absolute Gasteiger partial charge is 0.274 e. The molecule has 0 atom stereocenters. The van der Waals surface area contributed by atoms with Crippen molar-refractivity contribution in [3.63, 3.8) is 0 Å². The summed E-state index contributed by atoms with van der Waals surface area (Å²) in [5.41, 5.74) is 4.69. The number of piperidine rings is 1. The van der Waals surface area contributed by atoms with Crippen molar-refractivity contribution in [3.8, 4) is 0 Å². The number of imidazole rings is 1. The van der Waals surface area contributed by atoms with Crippen LogP contribution in [0.15, 0.2) is 34.4 Å². The molecule has 0 bridgehead atoms. The van der Waals surface area contributed by atoms with Crippen molar-refractivity contribution >= 4 is 44.0 Å². The number of likely N-dealkylation sites (tertiary alicyclic amines) is 1. The number of fused-ring (bicyclic) bond motifs is 4. The molecular weight excluding hydrogens is 516 g/mol. The van der Waals surface area contributed by atoms with Crippen LogP contribution in [0.1, 0.15) is 82.1 Å². The number of carbonyl (C=O) groups excluding carboxylic acids is 1. The lowest BCUT2D eigenvalue weighted by Crippen LogP contribution is -2.34. The number of hydrogen-bond acceptors (Lipinski definition) is 4. The van der Waals surface area contributed by atoms with E-state index in [0.717, 1.165) is 77.8 Å². The summed E-state index contributed by atoms with van der Waals surface area (Å²) in [4.78, 5) is 32.2. The molecule has 7 heteroatoms. The molecule has 3 aromatic heterocycles. The van der Waals surface area contributed by atoms with E-state index in [0.29, 0.717) is 17.4 Å². The summed E-state index contributed by atoms with van der Waals surface area (Å²) in [6.45, 7) is 16.7. The monoisotopic (exact) mass is 562 g/mol. The lowest BCUT2D eigenvalue weighted by atomic mass is 10.1. The summed E-state index contributed by atoms with van der Waals surface area (Å²) in [7, 11) is 0. The third kappa shape index (κ3) is 6.01. The van der Waals surface area contributed by atoms with Crippen molar-refractivity contribution in [1.29, 1.82) is 0 Å². The molecule has 6 nitrogen and oxygen atoms in total. The molecule has 0 N–H and O–H groups in total. The number of rotatable bonds is 11. The van der Waals surface area contributed by atoms with Gasteiger partial charge in [0.1, 0.15) is 10.3 Å². The molecule has 1 aliphatic rings. The van der Waals surface area contributed by atoms with Gasteiger partial charge in [-0.15, -0.1) is 11.3 Å². The van der Waals surface area contributed by atoms with E-state index in [4.69, 9.17) is 0 Å². The summed E-state index contributed by atoms with van der Waals surface area (Å²) in [6, 6.07) is 8.15. The molecule has 1 aromatic carbocycles. The van der Waals surface area contributed by atoms with E-state index < -0.39 is 0 Å². The molecule has 1 aliphatic heterocycles. The highest BCUT2D eigenvalue weighted by Gasteiger charge is 2.21. The second-order valence-electron chi connectivity index (χ2n) is 12.6. The van der Waals surface area contributed by atoms with E-state index in [1.807, 2.05) is 27.5 Å². The van der Waals surface area contributed by atoms with Gasteiger partial charge in [0, 0.05) is 30.6 Å². The zero-order valence-electron chi connectivity index (χ0n) is 25.0. The highest BCUT2D eigenvalue weighted by atomic mass is 32.1. The average Bonchev–Trinajstić information content (AvgIpc) is 3.46. The minimum Gasteiger partial charge on any atom is -0.339 e. The van der Waals surface area contributed by atoms with E-state index in [9.17, 15) is 9.59 Å². The number of nitrogens with zero attached hydrogens (tertiary/aromatic N) is 4. The van der Waals surface area contributed by atoms with Gasteiger partial charge in [0.05, 0.1) is 11.0 Å². The first-order chi connectivity index (χ1) is 19.2. The summed E-state index contributed by atoms with van der Waals surface area (Å²) >= 11 is 1.53. The topological polar surface area (TPSA) is 50.0 Å². The van der Waals surface area contributed by atoms with Gasteiger partial charge >= 0.3 is 0 Å². The van der Waals surface area contributed by atoms with Crippen molar-refractivity contribution < 1.29 is 4.79 Å². The molecule has 1 amide bonds. The van der Waals surface area contributed by atoms with E-state index in [1.165, 1.54) is 43.7 Å². The van der Waals surface area contributed by atoms with Crippen LogP contribution in [0, 0.1) is 18.8 Å². The molecule has 216 valence electrons. The van der Waals surface area contributed by atoms with Crippen molar-refractivity contribution in [2.75, 3.05) is 32.7 Å². The summed E-state index contributed by atoms with van der Waals surface area (Å²) < 4.78 is 4.97. The molecule has 0 saturated carbocycles. The van der Waals surface area contributed by atoms with Crippen molar-refractivity contribution in [3.05, 3.63) is 51.1 Å². The molecule has 0 radical (unpaired) electrons. The molecule has 5 rings (SSSR count). The average molecular weight is 563 g/mol. The van der Waals surface area contributed by atoms with Crippen LogP contribution in [0.2, 0.25) is 0 Å². The lowest BCUT2D eigenvalue weighted by Gasteiger charge is -2.26. The maximum Gasteiger partial charge on any atom is 0.274 e. The quantitative estimate of drug-likeness (QED) is 0.194. The van der Waals surface area contributed by atoms with E-state index in [1.54, 1.807) is 0 Å². The first-order valence-corrected chi connectivity index (χ1v) is 16.2. The van der Waals surface area contributed by atoms with Crippen molar-refractivity contribution in [1.82, 2.24) is 18.8 Å². The largest absolute Gasteiger partial charge is 0.339 e. The number of carbonyl (C=O) groups is 1. The number of aromatic nitrogens is 2. The minimum absolute atomic E-state index is 0.0416. The van der Waals surface area contributed by atoms with Crippen LogP contribution < -0.4 is 5.56 Å². The Morgan fingerprint density at radius 1 is 0.950 bits per heavy atom. The van der Waals surface area contributed by atoms with Crippen LogP contribution in [0.25, 0.3) is 26.8 Å². The molecule has 1 fully saturated rings. The third-order valence-electron chi connectivity index (χ3n) is 8.50. The Hall–Kier alpha value is -2.64. The normalized spacial score (nSPS) is 14.9. The van der Waals surface area contributed by atoms with Crippen molar-refractivity contribution in [2.45, 2.75) is 79.7 Å². The summed E-state index contributed by atoms with van der Waals surface area (Å²) in [5, 5.41) is 3.12. The Morgan fingerprint density at radius 3 is 2.33 bits per heavy atom. The third-order valence-corrected chi connectivity index (χ3v) is 9.60. The first kappa shape index (κ1) is 28.9. The van der Waals surface area contributed by atoms with Gasteiger partial charge in [-0.05, 0) is 106 Å². The maximum atomic E-state index is 13.9. The predicted molar refractivity (Wildman–Crippen MR) is 169 cm³/mol. The van der Waals surface area contributed by atoms with Gasteiger partial charge in [0.15, 0.2) is 0 Å². The van der Waals surface area contributed by atoms with Crippen molar-refractivity contribution in [2.24, 2.45) is 11.8 Å². The Morgan fingerprint density at radius 2 is 1.65 bits per heavy atom. The van der Waals surface area contributed by atoms with Gasteiger partial charge in [0.25, 0.3) is 11.5 Å². The molecule has 1 saturated heterocycles. The van der Waals surface area contributed by atoms with Crippen LogP contribution in [0.5, 0.6) is 0 Å². The fraction of sp³-hybridized carbons (Fsp3) is 0.576. The van der Waals surface area contributed by atoms with Crippen LogP contribution in [-0.2, 0) is 6.54 Å². The molecule has 4 aromatic rings. The molecule has 0 aliphatic carbocycles. The van der Waals surface area contributed by atoms with E-state index in [-0.39, 0.29) is 11.5 Å². The standard InChI is InChI=1S/C33H46N4O2S/c1-23(2)12-18-35(19-13-24(3)4)32(38)26-10-11-28-29(20-26)36(17-9-16-34-14-7-6-8-15-34)30-21-27-25(5)22-40-31(27)33(39)37(28)30/h10-11,20-24H,6-9,12-19H2,1-5H3. The van der Waals surface area contributed by atoms with Gasteiger partial charge in [-0.25, -0.2) is 0 Å². The number of amides is 1. The second kappa shape index (κ2) is 12.5. The van der Waals surface area contributed by atoms with Crippen LogP contribution in [0.4, 0.5) is 0 Å². The van der Waals surface area contributed by atoms with E-state index in [2.05, 4.69) is 55.5 Å². The number of benzene rings is 1. The van der Waals surface area contributed by atoms with Gasteiger partial charge in [-0.3, -0.25) is 14.0 Å². The van der Waals surface area contributed by atoms with Crippen LogP contribution in [-0.4, -0.2) is 57.4 Å². The highest BCUT2D eigenvalue weighted by Crippen LogP contribution is 2.29. The molecule has 4 heterocycles. The molecular formula is C33H46N4O2S. The van der Waals surface area contributed by atoms with Gasteiger partial charge < -0.3 is 14.4 Å². The fourth-order valence-electron chi connectivity index (χ4n) is 6.01. The van der Waals surface area contributed by atoms with Gasteiger partial charge in [0.2, 0.25) is 0 Å². The number of pyridine rings is 1. The molecule has 0 unspecified atom stereocenters. The van der Waals surface area contributed by atoms with Crippen LogP contribution in [0.3, 0.4) is 0 Å². The Kier molecular flexibility index (Phi) is 9.01. The first-order valence-electron chi connectivity index (χ1n) is 15.3.